The van der Waals surface area contributed by atoms with E-state index in [9.17, 15) is 14.7 Å². The molecule has 3 saturated carbocycles. The van der Waals surface area contributed by atoms with Crippen molar-refractivity contribution in [1.82, 2.24) is 4.90 Å². The Morgan fingerprint density at radius 3 is 2.49 bits per heavy atom. The predicted octanol–water partition coefficient (Wildman–Crippen LogP) is 6.37. The minimum absolute atomic E-state index is 0.0645. The van der Waals surface area contributed by atoms with E-state index in [-0.39, 0.29) is 22.8 Å². The fourth-order valence-electron chi connectivity index (χ4n) is 6.71. The topological polar surface area (TPSA) is 66.8 Å². The maximum Gasteiger partial charge on any atom is 0.309 e. The van der Waals surface area contributed by atoms with E-state index in [1.54, 1.807) is 7.11 Å². The molecule has 5 rings (SSSR count). The van der Waals surface area contributed by atoms with Gasteiger partial charge in [0.25, 0.3) is 0 Å². The number of ether oxygens (including phenoxy) is 1. The summed E-state index contributed by atoms with van der Waals surface area (Å²) in [5, 5.41) is 10.5. The number of benzene rings is 1. The number of fused-ring (bicyclic) bond motifs is 1. The molecule has 0 aromatic heterocycles. The molecule has 192 valence electrons. The minimum atomic E-state index is -0.724. The molecule has 0 radical (unpaired) electrons. The summed E-state index contributed by atoms with van der Waals surface area (Å²) in [4.78, 5) is 27.4. The average molecular weight is 502 g/mol. The number of halogens is 1. The number of carbonyl (C=O) groups is 2. The number of methoxy groups -OCH3 is 1. The number of nitrogens with zero attached hydrogens (tertiary/aromatic N) is 1. The van der Waals surface area contributed by atoms with Gasteiger partial charge >= 0.3 is 5.97 Å². The van der Waals surface area contributed by atoms with Crippen LogP contribution in [-0.2, 0) is 26.2 Å². The molecule has 1 amide bonds. The lowest BCUT2D eigenvalue weighted by atomic mass is 9.62. The summed E-state index contributed by atoms with van der Waals surface area (Å²) in [5.74, 6) is -0.560. The number of hydrogen-bond acceptors (Lipinski definition) is 3. The first-order valence-corrected chi connectivity index (χ1v) is 13.2. The highest BCUT2D eigenvalue weighted by Crippen LogP contribution is 2.65. The molecule has 1 aliphatic heterocycles. The van der Waals surface area contributed by atoms with Gasteiger partial charge in [-0.1, -0.05) is 58.4 Å². The molecule has 0 spiro atoms. The third kappa shape index (κ3) is 4.55. The van der Waals surface area contributed by atoms with Crippen LogP contribution in [0.25, 0.3) is 0 Å². The molecule has 1 aromatic carbocycles. The van der Waals surface area contributed by atoms with Crippen molar-refractivity contribution in [3.63, 3.8) is 0 Å². The van der Waals surface area contributed by atoms with Crippen LogP contribution >= 0.6 is 11.6 Å². The summed E-state index contributed by atoms with van der Waals surface area (Å²) in [7, 11) is 1.70. The van der Waals surface area contributed by atoms with Gasteiger partial charge < -0.3 is 14.7 Å². The number of amides is 1. The fourth-order valence-corrected chi connectivity index (χ4v) is 6.98. The van der Waals surface area contributed by atoms with Crippen LogP contribution in [-0.4, -0.2) is 41.1 Å². The predicted molar refractivity (Wildman–Crippen MR) is 138 cm³/mol. The second kappa shape index (κ2) is 8.92. The molecule has 1 aromatic rings. The Balaban J connectivity index is 1.68. The molecule has 1 N–H and O–H groups in total. The van der Waals surface area contributed by atoms with Crippen LogP contribution in [0.3, 0.4) is 0 Å². The first-order valence-electron chi connectivity index (χ1n) is 12.8. The molecule has 6 heteroatoms. The van der Waals surface area contributed by atoms with E-state index in [1.165, 1.54) is 0 Å². The quantitative estimate of drug-likeness (QED) is 0.449. The average Bonchev–Trinajstić information content (AvgIpc) is 3.30. The lowest BCUT2D eigenvalue weighted by molar-refractivity contribution is -0.161. The molecule has 3 aliphatic carbocycles. The standard InChI is InChI=1S/C29H40ClNO4/c1-19(16-35-6)22-15-31(29-12-11-28(17-29,18-29)25(33)34)24(32)14-27(22,5)21-8-7-20(23(30)13-21)9-10-26(2,3)4/h7-8,13,15,19H,9-12,14,16-18H2,1-6H3,(H,33,34)/t19?,27-,28?,29?/m0/s1. The van der Waals surface area contributed by atoms with E-state index >= 15 is 0 Å². The molecule has 1 unspecified atom stereocenters. The zero-order valence-corrected chi connectivity index (χ0v) is 22.8. The number of hydrogen-bond donors (Lipinski definition) is 1. The summed E-state index contributed by atoms with van der Waals surface area (Å²) in [6.45, 7) is 11.5. The number of carboxylic acids is 1. The van der Waals surface area contributed by atoms with Gasteiger partial charge in [0.1, 0.15) is 0 Å². The highest BCUT2D eigenvalue weighted by molar-refractivity contribution is 6.31. The van der Waals surface area contributed by atoms with Gasteiger partial charge in [-0.05, 0) is 66.7 Å². The molecule has 1 heterocycles. The van der Waals surface area contributed by atoms with E-state index in [0.29, 0.717) is 32.3 Å². The number of aryl methyl sites for hydroxylation is 1. The second-order valence-electron chi connectivity index (χ2n) is 12.7. The molecule has 5 nitrogen and oxygen atoms in total. The largest absolute Gasteiger partial charge is 0.481 e. The Labute approximate surface area is 214 Å². The first-order chi connectivity index (χ1) is 16.3. The van der Waals surface area contributed by atoms with Crippen LogP contribution in [0.4, 0.5) is 0 Å². The summed E-state index contributed by atoms with van der Waals surface area (Å²) in [6.07, 6.45) is 6.84. The minimum Gasteiger partial charge on any atom is -0.481 e. The van der Waals surface area contributed by atoms with Gasteiger partial charge in [-0.15, -0.1) is 0 Å². The number of carboxylic acid groups (broad SMARTS) is 1. The van der Waals surface area contributed by atoms with Crippen molar-refractivity contribution in [2.45, 2.75) is 90.5 Å². The first kappa shape index (κ1) is 26.2. The highest BCUT2D eigenvalue weighted by Gasteiger charge is 2.68. The summed E-state index contributed by atoms with van der Waals surface area (Å²) >= 11 is 6.77. The smallest absolute Gasteiger partial charge is 0.309 e. The van der Waals surface area contributed by atoms with E-state index in [2.05, 4.69) is 46.8 Å². The van der Waals surface area contributed by atoms with Gasteiger partial charge in [0, 0.05) is 41.6 Å². The zero-order valence-electron chi connectivity index (χ0n) is 22.0. The highest BCUT2D eigenvalue weighted by atomic mass is 35.5. The molecule has 2 atom stereocenters. The SMILES string of the molecule is COCC(C)C1=CN(C23CCC(C(=O)O)(C2)C3)C(=O)C[C@@]1(C)c1ccc(CCC(C)(C)C)c(Cl)c1. The second-order valence-corrected chi connectivity index (χ2v) is 13.2. The molecule has 0 saturated heterocycles. The van der Waals surface area contributed by atoms with Crippen LogP contribution in [0.1, 0.15) is 84.3 Å². The lowest BCUT2D eigenvalue weighted by Crippen LogP contribution is -2.60. The lowest BCUT2D eigenvalue weighted by Gasteiger charge is -2.53. The maximum atomic E-state index is 13.6. The molecule has 2 bridgehead atoms. The van der Waals surface area contributed by atoms with Gasteiger partial charge in [-0.2, -0.15) is 0 Å². The maximum absolute atomic E-state index is 13.6. The van der Waals surface area contributed by atoms with Crippen molar-refractivity contribution in [2.24, 2.45) is 16.7 Å². The Morgan fingerprint density at radius 1 is 1.26 bits per heavy atom. The normalized spacial score (nSPS) is 31.2. The van der Waals surface area contributed by atoms with Gasteiger partial charge in [-0.25, -0.2) is 0 Å². The van der Waals surface area contributed by atoms with Gasteiger partial charge in [-0.3, -0.25) is 9.59 Å². The Morgan fingerprint density at radius 2 is 1.94 bits per heavy atom. The Kier molecular flexibility index (Phi) is 6.68. The molecule has 35 heavy (non-hydrogen) atoms. The van der Waals surface area contributed by atoms with Gasteiger partial charge in [0.2, 0.25) is 5.91 Å². The van der Waals surface area contributed by atoms with E-state index in [1.807, 2.05) is 17.2 Å². The van der Waals surface area contributed by atoms with Crippen molar-refractivity contribution >= 4 is 23.5 Å². The zero-order chi connectivity index (χ0) is 25.8. The summed E-state index contributed by atoms with van der Waals surface area (Å²) in [6, 6.07) is 6.29. The number of carbonyl (C=O) groups excluding carboxylic acids is 1. The van der Waals surface area contributed by atoms with Crippen LogP contribution in [0.5, 0.6) is 0 Å². The number of rotatable bonds is 8. The van der Waals surface area contributed by atoms with E-state index < -0.39 is 16.8 Å². The molecular weight excluding hydrogens is 462 g/mol. The monoisotopic (exact) mass is 501 g/mol. The van der Waals surface area contributed by atoms with Crippen LogP contribution in [0.15, 0.2) is 30.0 Å². The van der Waals surface area contributed by atoms with Crippen LogP contribution in [0.2, 0.25) is 5.02 Å². The molecular formula is C29H40ClNO4. The van der Waals surface area contributed by atoms with Gasteiger partial charge in [0.15, 0.2) is 0 Å². The van der Waals surface area contributed by atoms with Crippen LogP contribution < -0.4 is 0 Å². The summed E-state index contributed by atoms with van der Waals surface area (Å²) in [5.41, 5.74) is 2.05. The third-order valence-corrected chi connectivity index (χ3v) is 9.18. The van der Waals surface area contributed by atoms with Gasteiger partial charge in [0.05, 0.1) is 12.0 Å². The fraction of sp³-hybridized carbons (Fsp3) is 0.655. The number of aliphatic carboxylic acids is 1. The van der Waals surface area contributed by atoms with Crippen LogP contribution in [0, 0.1) is 16.7 Å². The van der Waals surface area contributed by atoms with Crippen molar-refractivity contribution in [3.8, 4) is 0 Å². The Hall–Kier alpha value is -1.85. The Bertz CT molecular complexity index is 1050. The molecule has 4 aliphatic rings. The van der Waals surface area contributed by atoms with E-state index in [0.717, 1.165) is 41.0 Å². The third-order valence-electron chi connectivity index (χ3n) is 8.83. The van der Waals surface area contributed by atoms with Crippen molar-refractivity contribution in [1.29, 1.82) is 0 Å². The molecule has 3 fully saturated rings. The van der Waals surface area contributed by atoms with Crippen molar-refractivity contribution in [3.05, 3.63) is 46.1 Å². The van der Waals surface area contributed by atoms with Crippen molar-refractivity contribution < 1.29 is 19.4 Å². The summed E-state index contributed by atoms with van der Waals surface area (Å²) < 4.78 is 5.51. The van der Waals surface area contributed by atoms with E-state index in [4.69, 9.17) is 16.3 Å². The van der Waals surface area contributed by atoms with Crippen molar-refractivity contribution in [2.75, 3.05) is 13.7 Å².